The van der Waals surface area contributed by atoms with Crippen molar-refractivity contribution in [1.82, 2.24) is 4.98 Å². The summed E-state index contributed by atoms with van der Waals surface area (Å²) in [5.74, 6) is 0. The lowest BCUT2D eigenvalue weighted by Crippen LogP contribution is -2.32. The average molecular weight is 211 g/mol. The molecule has 1 saturated heterocycles. The molecule has 14 heavy (non-hydrogen) atoms. The third kappa shape index (κ3) is 1.72. The SMILES string of the molecule is CC1(c2ncc(C=O)s2)CCCOC1. The molecule has 0 spiro atoms. The molecule has 2 heterocycles. The van der Waals surface area contributed by atoms with E-state index in [2.05, 4.69) is 11.9 Å². The molecule has 0 aliphatic carbocycles. The maximum Gasteiger partial charge on any atom is 0.161 e. The van der Waals surface area contributed by atoms with E-state index in [-0.39, 0.29) is 5.41 Å². The molecular weight excluding hydrogens is 198 g/mol. The molecule has 1 atom stereocenters. The molecule has 76 valence electrons. The van der Waals surface area contributed by atoms with Crippen LogP contribution in [0.15, 0.2) is 6.20 Å². The van der Waals surface area contributed by atoms with Crippen LogP contribution in [0.4, 0.5) is 0 Å². The average Bonchev–Trinajstić information content (AvgIpc) is 2.67. The van der Waals surface area contributed by atoms with Crippen LogP contribution in [0.25, 0.3) is 0 Å². The molecule has 0 aromatic carbocycles. The van der Waals surface area contributed by atoms with Crippen LogP contribution in [0.2, 0.25) is 0 Å². The van der Waals surface area contributed by atoms with E-state index in [0.29, 0.717) is 4.88 Å². The maximum atomic E-state index is 10.5. The summed E-state index contributed by atoms with van der Waals surface area (Å²) in [6, 6.07) is 0. The highest BCUT2D eigenvalue weighted by Crippen LogP contribution is 2.34. The van der Waals surface area contributed by atoms with Gasteiger partial charge in [0.1, 0.15) is 5.01 Å². The Morgan fingerprint density at radius 1 is 1.71 bits per heavy atom. The number of hydrogen-bond acceptors (Lipinski definition) is 4. The Morgan fingerprint density at radius 3 is 3.14 bits per heavy atom. The first-order chi connectivity index (χ1) is 6.74. The Kier molecular flexibility index (Phi) is 2.65. The molecule has 1 aromatic heterocycles. The van der Waals surface area contributed by atoms with Crippen LogP contribution in [0.1, 0.15) is 34.4 Å². The predicted octanol–water partition coefficient (Wildman–Crippen LogP) is 2.02. The topological polar surface area (TPSA) is 39.2 Å². The highest BCUT2D eigenvalue weighted by molar-refractivity contribution is 7.13. The van der Waals surface area contributed by atoms with E-state index in [1.165, 1.54) is 11.3 Å². The lowest BCUT2D eigenvalue weighted by atomic mass is 9.85. The van der Waals surface area contributed by atoms with Crippen molar-refractivity contribution >= 4 is 17.6 Å². The van der Waals surface area contributed by atoms with Gasteiger partial charge in [0.25, 0.3) is 0 Å². The van der Waals surface area contributed by atoms with Gasteiger partial charge in [0.2, 0.25) is 0 Å². The van der Waals surface area contributed by atoms with Crippen molar-refractivity contribution in [2.45, 2.75) is 25.2 Å². The molecule has 1 aromatic rings. The van der Waals surface area contributed by atoms with Gasteiger partial charge in [0, 0.05) is 18.2 Å². The normalized spacial score (nSPS) is 27.5. The van der Waals surface area contributed by atoms with E-state index >= 15 is 0 Å². The van der Waals surface area contributed by atoms with E-state index in [0.717, 1.165) is 37.3 Å². The zero-order chi connectivity index (χ0) is 10.0. The fourth-order valence-electron chi connectivity index (χ4n) is 1.72. The zero-order valence-electron chi connectivity index (χ0n) is 8.16. The molecule has 0 N–H and O–H groups in total. The van der Waals surface area contributed by atoms with Gasteiger partial charge in [-0.2, -0.15) is 0 Å². The van der Waals surface area contributed by atoms with Crippen molar-refractivity contribution in [3.05, 3.63) is 16.1 Å². The number of nitrogens with zero attached hydrogens (tertiary/aromatic N) is 1. The van der Waals surface area contributed by atoms with Crippen LogP contribution in [0.3, 0.4) is 0 Å². The van der Waals surface area contributed by atoms with Crippen LogP contribution in [-0.2, 0) is 10.2 Å². The summed E-state index contributed by atoms with van der Waals surface area (Å²) < 4.78 is 5.46. The van der Waals surface area contributed by atoms with Gasteiger partial charge in [0.05, 0.1) is 11.5 Å². The molecule has 1 aliphatic rings. The van der Waals surface area contributed by atoms with Crippen molar-refractivity contribution in [1.29, 1.82) is 0 Å². The summed E-state index contributed by atoms with van der Waals surface area (Å²) in [5, 5.41) is 1.03. The van der Waals surface area contributed by atoms with Crippen LogP contribution in [0.5, 0.6) is 0 Å². The molecule has 2 rings (SSSR count). The molecule has 0 radical (unpaired) electrons. The Hall–Kier alpha value is -0.740. The summed E-state index contributed by atoms with van der Waals surface area (Å²) in [6.45, 7) is 3.72. The Labute approximate surface area is 87.1 Å². The second kappa shape index (κ2) is 3.79. The quantitative estimate of drug-likeness (QED) is 0.702. The van der Waals surface area contributed by atoms with Crippen LogP contribution < -0.4 is 0 Å². The summed E-state index contributed by atoms with van der Waals surface area (Å²) in [4.78, 5) is 15.5. The second-order valence-corrected chi connectivity index (χ2v) is 4.96. The summed E-state index contributed by atoms with van der Waals surface area (Å²) >= 11 is 1.48. The number of aromatic nitrogens is 1. The Morgan fingerprint density at radius 2 is 2.57 bits per heavy atom. The zero-order valence-corrected chi connectivity index (χ0v) is 8.97. The predicted molar refractivity (Wildman–Crippen MR) is 54.9 cm³/mol. The fraction of sp³-hybridized carbons (Fsp3) is 0.600. The van der Waals surface area contributed by atoms with E-state index in [4.69, 9.17) is 4.74 Å². The summed E-state index contributed by atoms with van der Waals surface area (Å²) in [6.07, 6.45) is 4.67. The number of ether oxygens (including phenoxy) is 1. The van der Waals surface area contributed by atoms with Gasteiger partial charge in [-0.25, -0.2) is 4.98 Å². The Balaban J connectivity index is 2.23. The molecule has 3 nitrogen and oxygen atoms in total. The lowest BCUT2D eigenvalue weighted by molar-refractivity contribution is 0.0418. The largest absolute Gasteiger partial charge is 0.380 e. The van der Waals surface area contributed by atoms with Crippen molar-refractivity contribution in [2.24, 2.45) is 0 Å². The number of carbonyl (C=O) groups is 1. The van der Waals surface area contributed by atoms with E-state index in [9.17, 15) is 4.79 Å². The summed E-state index contributed by atoms with van der Waals surface area (Å²) in [7, 11) is 0. The third-order valence-electron chi connectivity index (χ3n) is 2.59. The van der Waals surface area contributed by atoms with Gasteiger partial charge in [0.15, 0.2) is 6.29 Å². The summed E-state index contributed by atoms with van der Waals surface area (Å²) in [5.41, 5.74) is 0.0180. The van der Waals surface area contributed by atoms with Gasteiger partial charge >= 0.3 is 0 Å². The standard InChI is InChI=1S/C10H13NO2S/c1-10(3-2-4-13-7-10)9-11-5-8(6-12)14-9/h5-6H,2-4,7H2,1H3. The van der Waals surface area contributed by atoms with Gasteiger partial charge in [-0.15, -0.1) is 11.3 Å². The second-order valence-electron chi connectivity index (χ2n) is 3.90. The highest BCUT2D eigenvalue weighted by atomic mass is 32.1. The number of rotatable bonds is 2. The van der Waals surface area contributed by atoms with E-state index in [1.807, 2.05) is 0 Å². The fourth-order valence-corrected chi connectivity index (χ4v) is 2.61. The van der Waals surface area contributed by atoms with Crippen LogP contribution >= 0.6 is 11.3 Å². The lowest BCUT2D eigenvalue weighted by Gasteiger charge is -2.31. The van der Waals surface area contributed by atoms with Crippen molar-refractivity contribution in [3.63, 3.8) is 0 Å². The Bertz CT molecular complexity index is 329. The van der Waals surface area contributed by atoms with E-state index in [1.54, 1.807) is 6.20 Å². The minimum absolute atomic E-state index is 0.0180. The van der Waals surface area contributed by atoms with Crippen molar-refractivity contribution in [2.75, 3.05) is 13.2 Å². The smallest absolute Gasteiger partial charge is 0.161 e. The number of thiazole rings is 1. The minimum atomic E-state index is 0.0180. The van der Waals surface area contributed by atoms with Crippen LogP contribution in [-0.4, -0.2) is 24.5 Å². The van der Waals surface area contributed by atoms with Gasteiger partial charge in [-0.1, -0.05) is 6.92 Å². The number of carbonyl (C=O) groups excluding carboxylic acids is 1. The molecule has 0 saturated carbocycles. The first-order valence-electron chi connectivity index (χ1n) is 4.74. The molecule has 1 fully saturated rings. The first kappa shape index (κ1) is 9.80. The number of hydrogen-bond donors (Lipinski definition) is 0. The molecule has 0 bridgehead atoms. The monoisotopic (exact) mass is 211 g/mol. The maximum absolute atomic E-state index is 10.5. The van der Waals surface area contributed by atoms with Gasteiger partial charge < -0.3 is 4.74 Å². The molecular formula is C10H13NO2S. The van der Waals surface area contributed by atoms with Crippen molar-refractivity contribution < 1.29 is 9.53 Å². The molecule has 1 unspecified atom stereocenters. The molecule has 0 amide bonds. The van der Waals surface area contributed by atoms with Gasteiger partial charge in [-0.3, -0.25) is 4.79 Å². The third-order valence-corrected chi connectivity index (χ3v) is 3.82. The first-order valence-corrected chi connectivity index (χ1v) is 5.55. The molecule has 4 heteroatoms. The van der Waals surface area contributed by atoms with Crippen molar-refractivity contribution in [3.8, 4) is 0 Å². The molecule has 1 aliphatic heterocycles. The van der Waals surface area contributed by atoms with E-state index < -0.39 is 0 Å². The minimum Gasteiger partial charge on any atom is -0.380 e. The number of aldehydes is 1. The van der Waals surface area contributed by atoms with Crippen LogP contribution in [0, 0.1) is 0 Å². The highest BCUT2D eigenvalue weighted by Gasteiger charge is 2.32. The van der Waals surface area contributed by atoms with Gasteiger partial charge in [-0.05, 0) is 12.8 Å².